The van der Waals surface area contributed by atoms with Gasteiger partial charge in [-0.05, 0) is 18.2 Å². The quantitative estimate of drug-likeness (QED) is 0.743. The van der Waals surface area contributed by atoms with E-state index in [2.05, 4.69) is 4.98 Å². The van der Waals surface area contributed by atoms with Crippen LogP contribution in [-0.2, 0) is 12.7 Å². The number of hydrogen-bond donors (Lipinski definition) is 3. The summed E-state index contributed by atoms with van der Waals surface area (Å²) in [6.07, 6.45) is -4.57. The van der Waals surface area contributed by atoms with Crippen molar-refractivity contribution in [2.24, 2.45) is 5.73 Å². The molecule has 0 bridgehead atoms. The molecule has 0 aliphatic rings. The van der Waals surface area contributed by atoms with Crippen LogP contribution in [0.15, 0.2) is 18.2 Å². The first-order valence-corrected chi connectivity index (χ1v) is 5.94. The Morgan fingerprint density at radius 2 is 1.89 bits per heavy atom. The fourth-order valence-corrected chi connectivity index (χ4v) is 2.45. The van der Waals surface area contributed by atoms with Gasteiger partial charge in [0.05, 0.1) is 4.88 Å². The zero-order valence-corrected chi connectivity index (χ0v) is 10.2. The highest BCUT2D eigenvalue weighted by molar-refractivity contribution is 7.15. The maximum atomic E-state index is 12.7. The Morgan fingerprint density at radius 1 is 1.21 bits per heavy atom. The normalized spacial score (nSPS) is 11.8. The van der Waals surface area contributed by atoms with E-state index >= 15 is 0 Å². The van der Waals surface area contributed by atoms with Gasteiger partial charge in [-0.15, -0.1) is 11.3 Å². The Bertz CT molecular complexity index is 610. The van der Waals surface area contributed by atoms with E-state index in [9.17, 15) is 18.3 Å². The molecule has 1 aromatic carbocycles. The van der Waals surface area contributed by atoms with Gasteiger partial charge in [0.25, 0.3) is 0 Å². The second-order valence-electron chi connectivity index (χ2n) is 3.70. The van der Waals surface area contributed by atoms with E-state index in [1.54, 1.807) is 0 Å². The number of halogens is 3. The average molecular weight is 290 g/mol. The van der Waals surface area contributed by atoms with E-state index in [0.29, 0.717) is 0 Å². The number of aromatic hydroxyl groups is 2. The third kappa shape index (κ3) is 2.64. The molecule has 8 heteroatoms. The van der Waals surface area contributed by atoms with E-state index < -0.39 is 17.6 Å². The van der Waals surface area contributed by atoms with Crippen LogP contribution in [0.3, 0.4) is 0 Å². The van der Waals surface area contributed by atoms with E-state index in [-0.39, 0.29) is 27.7 Å². The molecule has 0 fully saturated rings. The smallest absolute Gasteiger partial charge is 0.434 e. The Kier molecular flexibility index (Phi) is 3.38. The number of aromatic nitrogens is 1. The van der Waals surface area contributed by atoms with Gasteiger partial charge >= 0.3 is 6.18 Å². The van der Waals surface area contributed by atoms with Crippen LogP contribution in [0.2, 0.25) is 0 Å². The second-order valence-corrected chi connectivity index (χ2v) is 4.78. The number of nitrogens with zero attached hydrogens (tertiary/aromatic N) is 1. The van der Waals surface area contributed by atoms with Crippen LogP contribution in [0.1, 0.15) is 10.6 Å². The number of thiazole rings is 1. The predicted molar refractivity (Wildman–Crippen MR) is 63.8 cm³/mol. The van der Waals surface area contributed by atoms with Crippen molar-refractivity contribution in [3.63, 3.8) is 0 Å². The van der Waals surface area contributed by atoms with Gasteiger partial charge in [0.1, 0.15) is 5.01 Å². The molecule has 0 saturated heterocycles. The minimum atomic E-state index is -4.57. The standard InChI is InChI=1S/C11H9F3N2O2S/c12-11(13,14)9-8(4-15)19-10(16-9)5-1-2-6(17)7(18)3-5/h1-3,17-18H,4,15H2. The van der Waals surface area contributed by atoms with Crippen LogP contribution in [0.4, 0.5) is 13.2 Å². The molecule has 1 aromatic heterocycles. The summed E-state index contributed by atoms with van der Waals surface area (Å²) >= 11 is 0.805. The minimum Gasteiger partial charge on any atom is -0.504 e. The molecule has 102 valence electrons. The first-order chi connectivity index (χ1) is 8.82. The Labute approximate surface area is 110 Å². The molecular formula is C11H9F3N2O2S. The van der Waals surface area contributed by atoms with E-state index in [1.807, 2.05) is 0 Å². The van der Waals surface area contributed by atoms with Gasteiger partial charge in [-0.25, -0.2) is 4.98 Å². The third-order valence-electron chi connectivity index (χ3n) is 2.37. The van der Waals surface area contributed by atoms with Gasteiger partial charge in [0, 0.05) is 12.1 Å². The van der Waals surface area contributed by atoms with E-state index in [4.69, 9.17) is 10.8 Å². The molecule has 1 heterocycles. The maximum Gasteiger partial charge on any atom is 0.434 e. The monoisotopic (exact) mass is 290 g/mol. The number of phenolic OH excluding ortho intramolecular Hbond substituents is 2. The van der Waals surface area contributed by atoms with Crippen LogP contribution < -0.4 is 5.73 Å². The zero-order valence-electron chi connectivity index (χ0n) is 9.40. The topological polar surface area (TPSA) is 79.4 Å². The van der Waals surface area contributed by atoms with Crippen molar-refractivity contribution in [1.82, 2.24) is 4.98 Å². The van der Waals surface area contributed by atoms with Gasteiger partial charge in [-0.2, -0.15) is 13.2 Å². The predicted octanol–water partition coefficient (Wildman–Crippen LogP) is 2.70. The van der Waals surface area contributed by atoms with Crippen molar-refractivity contribution >= 4 is 11.3 Å². The van der Waals surface area contributed by atoms with Crippen molar-refractivity contribution < 1.29 is 23.4 Å². The lowest BCUT2D eigenvalue weighted by molar-refractivity contribution is -0.141. The number of phenols is 2. The van der Waals surface area contributed by atoms with Crippen molar-refractivity contribution in [2.45, 2.75) is 12.7 Å². The maximum absolute atomic E-state index is 12.7. The van der Waals surface area contributed by atoms with Crippen LogP contribution in [0, 0.1) is 0 Å². The molecule has 4 nitrogen and oxygen atoms in total. The summed E-state index contributed by atoms with van der Waals surface area (Å²) < 4.78 is 38.1. The lowest BCUT2D eigenvalue weighted by atomic mass is 10.2. The van der Waals surface area contributed by atoms with Crippen LogP contribution in [0.5, 0.6) is 11.5 Å². The fourth-order valence-electron chi connectivity index (χ4n) is 1.49. The Morgan fingerprint density at radius 3 is 2.37 bits per heavy atom. The van der Waals surface area contributed by atoms with Crippen molar-refractivity contribution in [2.75, 3.05) is 0 Å². The van der Waals surface area contributed by atoms with Crippen LogP contribution >= 0.6 is 11.3 Å². The summed E-state index contributed by atoms with van der Waals surface area (Å²) in [4.78, 5) is 3.44. The van der Waals surface area contributed by atoms with Crippen molar-refractivity contribution in [1.29, 1.82) is 0 Å². The van der Waals surface area contributed by atoms with Gasteiger partial charge in [-0.1, -0.05) is 0 Å². The van der Waals surface area contributed by atoms with Gasteiger partial charge in [0.15, 0.2) is 17.2 Å². The van der Waals surface area contributed by atoms with Crippen LogP contribution in [0.25, 0.3) is 10.6 Å². The highest BCUT2D eigenvalue weighted by Gasteiger charge is 2.37. The van der Waals surface area contributed by atoms with Crippen LogP contribution in [-0.4, -0.2) is 15.2 Å². The summed E-state index contributed by atoms with van der Waals surface area (Å²) in [5.41, 5.74) is 4.55. The first-order valence-electron chi connectivity index (χ1n) is 5.12. The largest absolute Gasteiger partial charge is 0.504 e. The summed E-state index contributed by atoms with van der Waals surface area (Å²) in [5, 5.41) is 18.6. The number of rotatable bonds is 2. The number of hydrogen-bond acceptors (Lipinski definition) is 5. The summed E-state index contributed by atoms with van der Waals surface area (Å²) in [6, 6.07) is 3.70. The molecular weight excluding hydrogens is 281 g/mol. The van der Waals surface area contributed by atoms with Gasteiger partial charge in [0.2, 0.25) is 0 Å². The van der Waals surface area contributed by atoms with E-state index in [0.717, 1.165) is 17.4 Å². The molecule has 2 aromatic rings. The minimum absolute atomic E-state index is 0.0740. The molecule has 4 N–H and O–H groups in total. The third-order valence-corrected chi connectivity index (χ3v) is 3.50. The molecule has 0 atom stereocenters. The lowest BCUT2D eigenvalue weighted by Gasteiger charge is -2.03. The lowest BCUT2D eigenvalue weighted by Crippen LogP contribution is -2.10. The molecule has 0 saturated carbocycles. The summed E-state index contributed by atoms with van der Waals surface area (Å²) in [5.74, 6) is -0.772. The molecule has 0 amide bonds. The Hall–Kier alpha value is -1.80. The second kappa shape index (κ2) is 4.71. The first kappa shape index (κ1) is 13.6. The molecule has 2 rings (SSSR count). The SMILES string of the molecule is NCc1sc(-c2ccc(O)c(O)c2)nc1C(F)(F)F. The highest BCUT2D eigenvalue weighted by Crippen LogP contribution is 2.39. The number of benzene rings is 1. The molecule has 0 aliphatic heterocycles. The van der Waals surface area contributed by atoms with E-state index in [1.165, 1.54) is 12.1 Å². The molecule has 0 spiro atoms. The summed E-state index contributed by atoms with van der Waals surface area (Å²) in [6.45, 7) is -0.267. The molecule has 0 unspecified atom stereocenters. The van der Waals surface area contributed by atoms with Gasteiger partial charge < -0.3 is 15.9 Å². The van der Waals surface area contributed by atoms with Crippen molar-refractivity contribution in [3.8, 4) is 22.1 Å². The Balaban J connectivity index is 2.51. The highest BCUT2D eigenvalue weighted by atomic mass is 32.1. The average Bonchev–Trinajstić information content (AvgIpc) is 2.76. The fraction of sp³-hybridized carbons (Fsp3) is 0.182. The number of alkyl halides is 3. The van der Waals surface area contributed by atoms with Crippen molar-refractivity contribution in [3.05, 3.63) is 28.8 Å². The molecule has 0 radical (unpaired) electrons. The van der Waals surface area contributed by atoms with Gasteiger partial charge in [-0.3, -0.25) is 0 Å². The molecule has 19 heavy (non-hydrogen) atoms. The zero-order chi connectivity index (χ0) is 14.2. The molecule has 0 aliphatic carbocycles. The number of nitrogens with two attached hydrogens (primary N) is 1. The summed E-state index contributed by atoms with van der Waals surface area (Å²) in [7, 11) is 0.